The second-order valence-corrected chi connectivity index (χ2v) is 9.24. The fourth-order valence-electron chi connectivity index (χ4n) is 5.01. The highest BCUT2D eigenvalue weighted by atomic mass is 16.5. The van der Waals surface area contributed by atoms with Crippen molar-refractivity contribution in [1.82, 2.24) is 20.4 Å². The minimum atomic E-state index is -0.381. The van der Waals surface area contributed by atoms with Crippen LogP contribution in [0, 0.1) is 25.7 Å². The number of hydrogen-bond acceptors (Lipinski definition) is 5. The van der Waals surface area contributed by atoms with Gasteiger partial charge in [0.25, 0.3) is 0 Å². The van der Waals surface area contributed by atoms with Crippen molar-refractivity contribution in [3.05, 3.63) is 47.1 Å². The van der Waals surface area contributed by atoms with Crippen LogP contribution in [0.2, 0.25) is 0 Å². The van der Waals surface area contributed by atoms with E-state index in [1.807, 2.05) is 49.9 Å². The van der Waals surface area contributed by atoms with Gasteiger partial charge in [0.2, 0.25) is 17.7 Å². The highest BCUT2D eigenvalue weighted by molar-refractivity contribution is 5.79. The molecule has 1 aliphatic heterocycles. The zero-order chi connectivity index (χ0) is 21.5. The van der Waals surface area contributed by atoms with E-state index in [1.54, 1.807) is 6.92 Å². The summed E-state index contributed by atoms with van der Waals surface area (Å²) in [4.78, 5) is 31.7. The second kappa shape index (κ2) is 7.85. The van der Waals surface area contributed by atoms with E-state index in [-0.39, 0.29) is 35.1 Å². The van der Waals surface area contributed by atoms with E-state index in [0.29, 0.717) is 37.6 Å². The van der Waals surface area contributed by atoms with Crippen LogP contribution in [0.4, 0.5) is 0 Å². The first kappa shape index (κ1) is 20.6. The van der Waals surface area contributed by atoms with Crippen LogP contribution in [0.5, 0.6) is 0 Å². The van der Waals surface area contributed by atoms with Crippen molar-refractivity contribution in [2.75, 3.05) is 13.1 Å². The first-order valence-electron chi connectivity index (χ1n) is 10.7. The summed E-state index contributed by atoms with van der Waals surface area (Å²) in [5.74, 6) is 1.52. The van der Waals surface area contributed by atoms with Gasteiger partial charge in [-0.05, 0) is 38.2 Å². The average Bonchev–Trinajstić information content (AvgIpc) is 3.35. The van der Waals surface area contributed by atoms with Crippen LogP contribution in [-0.2, 0) is 21.4 Å². The molecule has 160 valence electrons. The average molecular weight is 411 g/mol. The molecule has 1 N–H and O–H groups in total. The number of aryl methyl sites for hydroxylation is 2. The van der Waals surface area contributed by atoms with E-state index in [2.05, 4.69) is 15.5 Å². The summed E-state index contributed by atoms with van der Waals surface area (Å²) in [6.45, 7) is 8.93. The van der Waals surface area contributed by atoms with Crippen LogP contribution in [0.1, 0.15) is 49.5 Å². The lowest BCUT2D eigenvalue weighted by Gasteiger charge is -2.26. The van der Waals surface area contributed by atoms with Gasteiger partial charge < -0.3 is 14.7 Å². The molecule has 1 aromatic carbocycles. The SMILES string of the molecule is Cc1ccc(CC(=O)NC2CC3CN(C(=O)C(C)C)CC3(c3nc(C)no3)C2)cc1. The molecule has 2 heterocycles. The smallest absolute Gasteiger partial charge is 0.235 e. The molecule has 1 saturated carbocycles. The van der Waals surface area contributed by atoms with E-state index in [1.165, 1.54) is 5.56 Å². The minimum Gasteiger partial charge on any atom is -0.353 e. The first-order valence-corrected chi connectivity index (χ1v) is 10.7. The third kappa shape index (κ3) is 3.85. The topological polar surface area (TPSA) is 88.3 Å². The van der Waals surface area contributed by atoms with Crippen molar-refractivity contribution in [1.29, 1.82) is 0 Å². The number of nitrogens with one attached hydrogen (secondary N) is 1. The first-order chi connectivity index (χ1) is 14.3. The summed E-state index contributed by atoms with van der Waals surface area (Å²) < 4.78 is 5.59. The number of hydrogen-bond donors (Lipinski definition) is 1. The number of rotatable bonds is 5. The molecule has 7 nitrogen and oxygen atoms in total. The summed E-state index contributed by atoms with van der Waals surface area (Å²) in [6, 6.07) is 8.08. The molecule has 2 aromatic rings. The molecule has 30 heavy (non-hydrogen) atoms. The summed E-state index contributed by atoms with van der Waals surface area (Å²) in [5, 5.41) is 7.20. The van der Waals surface area contributed by atoms with Gasteiger partial charge in [-0.25, -0.2) is 0 Å². The predicted octanol–water partition coefficient (Wildman–Crippen LogP) is 2.56. The number of aromatic nitrogens is 2. The van der Waals surface area contributed by atoms with Crippen LogP contribution in [0.15, 0.2) is 28.8 Å². The van der Waals surface area contributed by atoms with Crippen molar-refractivity contribution < 1.29 is 14.1 Å². The van der Waals surface area contributed by atoms with Gasteiger partial charge in [0.15, 0.2) is 5.82 Å². The molecule has 3 atom stereocenters. The largest absolute Gasteiger partial charge is 0.353 e. The molecule has 0 bridgehead atoms. The van der Waals surface area contributed by atoms with Gasteiger partial charge >= 0.3 is 0 Å². The second-order valence-electron chi connectivity index (χ2n) is 9.24. The van der Waals surface area contributed by atoms with Crippen LogP contribution in [0.3, 0.4) is 0 Å². The lowest BCUT2D eigenvalue weighted by molar-refractivity contribution is -0.134. The number of nitrogens with zero attached hydrogens (tertiary/aromatic N) is 3. The minimum absolute atomic E-state index is 0.0239. The lowest BCUT2D eigenvalue weighted by Crippen LogP contribution is -2.40. The number of amides is 2. The number of carbonyl (C=O) groups excluding carboxylic acids is 2. The van der Waals surface area contributed by atoms with Gasteiger partial charge in [-0.15, -0.1) is 0 Å². The standard InChI is InChI=1S/C23H30N4O3/c1-14(2)21(29)27-12-18-10-19(11-23(18,13-27)22-24-16(4)26-30-22)25-20(28)9-17-7-5-15(3)6-8-17/h5-8,14,18-19H,9-13H2,1-4H3,(H,25,28). The number of benzene rings is 1. The molecule has 3 unspecified atom stereocenters. The Hall–Kier alpha value is -2.70. The summed E-state index contributed by atoms with van der Waals surface area (Å²) in [6.07, 6.45) is 1.88. The quantitative estimate of drug-likeness (QED) is 0.818. The molecule has 0 spiro atoms. The van der Waals surface area contributed by atoms with Crippen LogP contribution >= 0.6 is 0 Å². The van der Waals surface area contributed by atoms with Gasteiger partial charge in [0.1, 0.15) is 0 Å². The molecular weight excluding hydrogens is 380 g/mol. The van der Waals surface area contributed by atoms with Crippen molar-refractivity contribution in [3.63, 3.8) is 0 Å². The zero-order valence-corrected chi connectivity index (χ0v) is 18.1. The Balaban J connectivity index is 1.48. The third-order valence-corrected chi connectivity index (χ3v) is 6.48. The van der Waals surface area contributed by atoms with Gasteiger partial charge in [0, 0.05) is 25.0 Å². The molecule has 7 heteroatoms. The van der Waals surface area contributed by atoms with Crippen molar-refractivity contribution in [3.8, 4) is 0 Å². The molecule has 2 aliphatic rings. The van der Waals surface area contributed by atoms with E-state index in [0.717, 1.165) is 12.0 Å². The molecule has 4 rings (SSSR count). The van der Waals surface area contributed by atoms with Crippen LogP contribution in [-0.4, -0.2) is 46.0 Å². The Morgan fingerprint density at radius 1 is 1.27 bits per heavy atom. The molecule has 2 fully saturated rings. The Morgan fingerprint density at radius 2 is 2.00 bits per heavy atom. The van der Waals surface area contributed by atoms with Gasteiger partial charge in [-0.3, -0.25) is 9.59 Å². The molecule has 2 amide bonds. The number of fused-ring (bicyclic) bond motifs is 1. The van der Waals surface area contributed by atoms with E-state index < -0.39 is 0 Å². The number of likely N-dealkylation sites (tertiary alicyclic amines) is 1. The zero-order valence-electron chi connectivity index (χ0n) is 18.1. The summed E-state index contributed by atoms with van der Waals surface area (Å²) >= 11 is 0. The van der Waals surface area contributed by atoms with Gasteiger partial charge in [-0.1, -0.05) is 48.8 Å². The predicted molar refractivity (Wildman–Crippen MR) is 112 cm³/mol. The van der Waals surface area contributed by atoms with Gasteiger partial charge in [0.05, 0.1) is 11.8 Å². The number of carbonyl (C=O) groups is 2. The Labute approximate surface area is 177 Å². The Bertz CT molecular complexity index is 936. The molecule has 1 aliphatic carbocycles. The fraction of sp³-hybridized carbons (Fsp3) is 0.565. The normalized spacial score (nSPS) is 25.6. The molecular formula is C23H30N4O3. The highest BCUT2D eigenvalue weighted by Crippen LogP contribution is 2.50. The monoisotopic (exact) mass is 410 g/mol. The maximum atomic E-state index is 12.7. The van der Waals surface area contributed by atoms with Crippen LogP contribution in [0.25, 0.3) is 0 Å². The highest BCUT2D eigenvalue weighted by Gasteiger charge is 2.58. The maximum absolute atomic E-state index is 12.7. The van der Waals surface area contributed by atoms with E-state index >= 15 is 0 Å². The van der Waals surface area contributed by atoms with E-state index in [9.17, 15) is 9.59 Å². The summed E-state index contributed by atoms with van der Waals surface area (Å²) in [5.41, 5.74) is 1.81. The molecule has 1 aromatic heterocycles. The third-order valence-electron chi connectivity index (χ3n) is 6.48. The van der Waals surface area contributed by atoms with Crippen LogP contribution < -0.4 is 5.32 Å². The Kier molecular flexibility index (Phi) is 5.38. The fourth-order valence-corrected chi connectivity index (χ4v) is 5.01. The van der Waals surface area contributed by atoms with Crippen molar-refractivity contribution >= 4 is 11.8 Å². The summed E-state index contributed by atoms with van der Waals surface area (Å²) in [7, 11) is 0. The molecule has 0 radical (unpaired) electrons. The van der Waals surface area contributed by atoms with E-state index in [4.69, 9.17) is 4.52 Å². The molecule has 1 saturated heterocycles. The van der Waals surface area contributed by atoms with Gasteiger partial charge in [-0.2, -0.15) is 4.98 Å². The lowest BCUT2D eigenvalue weighted by atomic mass is 9.80. The van der Waals surface area contributed by atoms with Crippen molar-refractivity contribution in [2.24, 2.45) is 11.8 Å². The van der Waals surface area contributed by atoms with Crippen molar-refractivity contribution in [2.45, 2.75) is 58.4 Å². The maximum Gasteiger partial charge on any atom is 0.235 e. The Morgan fingerprint density at radius 3 is 2.63 bits per heavy atom.